The number of aliphatic hydroxyl groups is 1. The van der Waals surface area contributed by atoms with Gasteiger partial charge in [-0.1, -0.05) is 18.6 Å². The molecule has 0 heterocycles. The summed E-state index contributed by atoms with van der Waals surface area (Å²) < 4.78 is 13.2. The van der Waals surface area contributed by atoms with E-state index in [-0.39, 0.29) is 5.82 Å². The highest BCUT2D eigenvalue weighted by molar-refractivity contribution is 5.19. The van der Waals surface area contributed by atoms with E-state index in [1.54, 1.807) is 12.1 Å². The molecule has 2 aliphatic rings. The van der Waals surface area contributed by atoms with Crippen molar-refractivity contribution in [3.05, 3.63) is 35.6 Å². The van der Waals surface area contributed by atoms with E-state index < -0.39 is 5.60 Å². The lowest BCUT2D eigenvalue weighted by atomic mass is 9.74. The highest BCUT2D eigenvalue weighted by atomic mass is 19.1. The SMILES string of the molecule is CC(O)(Cc1cccc(F)c1)C1CC2CCC1C2. The summed E-state index contributed by atoms with van der Waals surface area (Å²) in [5.41, 5.74) is 0.218. The first-order chi connectivity index (χ1) is 8.54. The molecule has 1 N–H and O–H groups in total. The van der Waals surface area contributed by atoms with Crippen molar-refractivity contribution in [1.29, 1.82) is 0 Å². The first-order valence-electron chi connectivity index (χ1n) is 7.01. The van der Waals surface area contributed by atoms with Crippen LogP contribution in [0, 0.1) is 23.6 Å². The molecule has 2 heteroatoms. The van der Waals surface area contributed by atoms with Crippen LogP contribution in [0.2, 0.25) is 0 Å². The highest BCUT2D eigenvalue weighted by Gasteiger charge is 2.47. The normalized spacial score (nSPS) is 33.6. The highest BCUT2D eigenvalue weighted by Crippen LogP contribution is 2.52. The molecule has 2 fully saturated rings. The summed E-state index contributed by atoms with van der Waals surface area (Å²) in [4.78, 5) is 0. The van der Waals surface area contributed by atoms with Gasteiger partial charge in [0.05, 0.1) is 5.60 Å². The lowest BCUT2D eigenvalue weighted by Gasteiger charge is -2.36. The first-order valence-corrected chi connectivity index (χ1v) is 7.01. The molecule has 0 radical (unpaired) electrons. The number of rotatable bonds is 3. The van der Waals surface area contributed by atoms with Gasteiger partial charge in [0.15, 0.2) is 0 Å². The summed E-state index contributed by atoms with van der Waals surface area (Å²) in [5.74, 6) is 1.72. The van der Waals surface area contributed by atoms with E-state index in [2.05, 4.69) is 0 Å². The number of halogens is 1. The fraction of sp³-hybridized carbons (Fsp3) is 0.625. The van der Waals surface area contributed by atoms with Crippen molar-refractivity contribution in [2.75, 3.05) is 0 Å². The summed E-state index contributed by atoms with van der Waals surface area (Å²) in [6.07, 6.45) is 5.64. The Bertz CT molecular complexity index is 440. The predicted octanol–water partition coefficient (Wildman–Crippen LogP) is 3.56. The minimum atomic E-state index is -0.687. The van der Waals surface area contributed by atoms with Gasteiger partial charge < -0.3 is 5.11 Å². The maximum atomic E-state index is 13.2. The average Bonchev–Trinajstić information content (AvgIpc) is 2.90. The van der Waals surface area contributed by atoms with Crippen LogP contribution in [0.4, 0.5) is 4.39 Å². The van der Waals surface area contributed by atoms with E-state index in [0.717, 1.165) is 17.9 Å². The van der Waals surface area contributed by atoms with E-state index in [4.69, 9.17) is 0 Å². The Kier molecular flexibility index (Phi) is 2.93. The minimum Gasteiger partial charge on any atom is -0.390 e. The van der Waals surface area contributed by atoms with E-state index in [1.807, 2.05) is 13.0 Å². The molecule has 2 bridgehead atoms. The zero-order valence-corrected chi connectivity index (χ0v) is 10.9. The van der Waals surface area contributed by atoms with Crippen LogP contribution in [0.25, 0.3) is 0 Å². The van der Waals surface area contributed by atoms with Gasteiger partial charge in [0.2, 0.25) is 0 Å². The van der Waals surface area contributed by atoms with Crippen LogP contribution < -0.4 is 0 Å². The molecular weight excluding hydrogens is 227 g/mol. The second-order valence-corrected chi connectivity index (χ2v) is 6.45. The molecule has 0 aliphatic heterocycles. The summed E-state index contributed by atoms with van der Waals surface area (Å²) in [7, 11) is 0. The van der Waals surface area contributed by atoms with Crippen LogP contribution in [-0.4, -0.2) is 10.7 Å². The van der Waals surface area contributed by atoms with Crippen LogP contribution in [0.3, 0.4) is 0 Å². The molecule has 2 saturated carbocycles. The van der Waals surface area contributed by atoms with Gasteiger partial charge in [0.1, 0.15) is 5.82 Å². The third-order valence-electron chi connectivity index (χ3n) is 4.99. The van der Waals surface area contributed by atoms with Gasteiger partial charge in [-0.3, -0.25) is 0 Å². The van der Waals surface area contributed by atoms with Gasteiger partial charge in [-0.15, -0.1) is 0 Å². The molecule has 0 amide bonds. The van der Waals surface area contributed by atoms with Crippen molar-refractivity contribution in [3.8, 4) is 0 Å². The Morgan fingerprint density at radius 3 is 2.78 bits per heavy atom. The largest absolute Gasteiger partial charge is 0.390 e. The fourth-order valence-electron chi connectivity index (χ4n) is 4.20. The van der Waals surface area contributed by atoms with Crippen LogP contribution in [0.1, 0.15) is 38.2 Å². The summed E-state index contributed by atoms with van der Waals surface area (Å²) in [5, 5.41) is 10.8. The molecule has 0 aromatic heterocycles. The Labute approximate surface area is 108 Å². The number of benzene rings is 1. The van der Waals surface area contributed by atoms with Gasteiger partial charge in [-0.05, 0) is 61.6 Å². The molecule has 1 aromatic carbocycles. The molecule has 2 aliphatic carbocycles. The molecule has 98 valence electrons. The lowest BCUT2D eigenvalue weighted by Crippen LogP contribution is -2.39. The standard InChI is InChI=1S/C16H21FO/c1-16(18,10-12-3-2-4-14(17)8-12)15-9-11-5-6-13(15)7-11/h2-4,8,11,13,15,18H,5-7,9-10H2,1H3. The minimum absolute atomic E-state index is 0.212. The fourth-order valence-corrected chi connectivity index (χ4v) is 4.20. The molecule has 4 unspecified atom stereocenters. The van der Waals surface area contributed by atoms with Crippen LogP contribution in [0.5, 0.6) is 0 Å². The summed E-state index contributed by atoms with van der Waals surface area (Å²) in [6, 6.07) is 6.63. The van der Waals surface area contributed by atoms with Crippen molar-refractivity contribution < 1.29 is 9.50 Å². The maximum absolute atomic E-state index is 13.2. The van der Waals surface area contributed by atoms with E-state index in [0.29, 0.717) is 18.3 Å². The van der Waals surface area contributed by atoms with Gasteiger partial charge in [0, 0.05) is 6.42 Å². The second-order valence-electron chi connectivity index (χ2n) is 6.45. The number of fused-ring (bicyclic) bond motifs is 2. The molecule has 4 atom stereocenters. The molecule has 18 heavy (non-hydrogen) atoms. The Morgan fingerprint density at radius 2 is 2.17 bits per heavy atom. The third-order valence-corrected chi connectivity index (χ3v) is 4.99. The Morgan fingerprint density at radius 1 is 1.33 bits per heavy atom. The van der Waals surface area contributed by atoms with Crippen LogP contribution in [-0.2, 0) is 6.42 Å². The third kappa shape index (κ3) is 2.18. The zero-order valence-electron chi connectivity index (χ0n) is 10.9. The maximum Gasteiger partial charge on any atom is 0.123 e. The van der Waals surface area contributed by atoms with Crippen molar-refractivity contribution >= 4 is 0 Å². The molecule has 1 nitrogen and oxygen atoms in total. The number of hydrogen-bond acceptors (Lipinski definition) is 1. The average molecular weight is 248 g/mol. The molecule has 3 rings (SSSR count). The molecular formula is C16H21FO. The smallest absolute Gasteiger partial charge is 0.123 e. The molecule has 0 saturated heterocycles. The van der Waals surface area contributed by atoms with Crippen LogP contribution in [0.15, 0.2) is 24.3 Å². The topological polar surface area (TPSA) is 20.2 Å². The zero-order chi connectivity index (χ0) is 12.8. The van der Waals surface area contributed by atoms with Gasteiger partial charge in [0.25, 0.3) is 0 Å². The second kappa shape index (κ2) is 4.34. The number of hydrogen-bond donors (Lipinski definition) is 1. The van der Waals surface area contributed by atoms with Gasteiger partial charge in [-0.25, -0.2) is 4.39 Å². The lowest BCUT2D eigenvalue weighted by molar-refractivity contribution is -0.0240. The van der Waals surface area contributed by atoms with E-state index >= 15 is 0 Å². The van der Waals surface area contributed by atoms with Gasteiger partial charge >= 0.3 is 0 Å². The van der Waals surface area contributed by atoms with Crippen molar-refractivity contribution in [2.24, 2.45) is 17.8 Å². The monoisotopic (exact) mass is 248 g/mol. The van der Waals surface area contributed by atoms with Gasteiger partial charge in [-0.2, -0.15) is 0 Å². The first kappa shape index (κ1) is 12.2. The molecule has 1 aromatic rings. The van der Waals surface area contributed by atoms with E-state index in [1.165, 1.54) is 25.3 Å². The van der Waals surface area contributed by atoms with Crippen molar-refractivity contribution in [2.45, 2.75) is 44.6 Å². The Hall–Kier alpha value is -0.890. The predicted molar refractivity (Wildman–Crippen MR) is 69.7 cm³/mol. The summed E-state index contributed by atoms with van der Waals surface area (Å²) >= 11 is 0. The van der Waals surface area contributed by atoms with Crippen molar-refractivity contribution in [3.63, 3.8) is 0 Å². The van der Waals surface area contributed by atoms with E-state index in [9.17, 15) is 9.50 Å². The quantitative estimate of drug-likeness (QED) is 0.867. The summed E-state index contributed by atoms with van der Waals surface area (Å²) in [6.45, 7) is 1.93. The molecule has 0 spiro atoms. The Balaban J connectivity index is 1.74. The van der Waals surface area contributed by atoms with Crippen molar-refractivity contribution in [1.82, 2.24) is 0 Å². The van der Waals surface area contributed by atoms with Crippen LogP contribution >= 0.6 is 0 Å².